The lowest BCUT2D eigenvalue weighted by atomic mass is 10.00. The molecule has 7 heteroatoms. The number of pyridine rings is 1. The van der Waals surface area contributed by atoms with Gasteiger partial charge in [-0.25, -0.2) is 4.79 Å². The van der Waals surface area contributed by atoms with E-state index in [1.54, 1.807) is 52.8 Å². The minimum absolute atomic E-state index is 0.196. The van der Waals surface area contributed by atoms with E-state index < -0.39 is 17.2 Å². The Labute approximate surface area is 166 Å². The van der Waals surface area contributed by atoms with Crippen LogP contribution in [0.5, 0.6) is 0 Å². The van der Waals surface area contributed by atoms with Gasteiger partial charge in [-0.15, -0.1) is 11.8 Å². The predicted octanol–water partition coefficient (Wildman–Crippen LogP) is 3.99. The van der Waals surface area contributed by atoms with Gasteiger partial charge in [0.25, 0.3) is 0 Å². The Balaban J connectivity index is 2.01. The Kier molecular flexibility index (Phi) is 6.78. The van der Waals surface area contributed by atoms with Crippen molar-refractivity contribution in [2.75, 3.05) is 7.05 Å². The van der Waals surface area contributed by atoms with E-state index in [0.717, 1.165) is 10.6 Å². The number of thioether (sulfide) groups is 1. The topological polar surface area (TPSA) is 71.5 Å². The van der Waals surface area contributed by atoms with E-state index in [2.05, 4.69) is 16.4 Å². The molecular formula is C20H31N3O3S. The summed E-state index contributed by atoms with van der Waals surface area (Å²) in [6.07, 6.45) is 4.91. The number of aromatic nitrogens is 1. The lowest BCUT2D eigenvalue weighted by Crippen LogP contribution is -2.55. The predicted molar refractivity (Wildman–Crippen MR) is 108 cm³/mol. The molecule has 150 valence electrons. The van der Waals surface area contributed by atoms with Crippen LogP contribution in [0.4, 0.5) is 4.79 Å². The van der Waals surface area contributed by atoms with Gasteiger partial charge in [-0.2, -0.15) is 0 Å². The highest BCUT2D eigenvalue weighted by atomic mass is 32.2. The third-order valence-electron chi connectivity index (χ3n) is 4.28. The first kappa shape index (κ1) is 21.5. The summed E-state index contributed by atoms with van der Waals surface area (Å²) < 4.78 is 5.27. The van der Waals surface area contributed by atoms with Crippen LogP contribution in [0, 0.1) is 0 Å². The first-order chi connectivity index (χ1) is 12.5. The number of nitrogens with one attached hydrogen (secondary N) is 1. The Morgan fingerprint density at radius 2 is 1.96 bits per heavy atom. The summed E-state index contributed by atoms with van der Waals surface area (Å²) in [7, 11) is 1.73. The first-order valence-corrected chi connectivity index (χ1v) is 10.2. The van der Waals surface area contributed by atoms with Crippen molar-refractivity contribution >= 4 is 23.8 Å². The molecule has 0 radical (unpaired) electrons. The SMILES string of the molecule is CN(Cc1ncccc1SC1CCC1)C(=O)C(C)(C)NC(=O)OC(C)(C)C. The normalized spacial score (nSPS) is 15.0. The molecule has 0 atom stereocenters. The molecule has 1 fully saturated rings. The van der Waals surface area contributed by atoms with Gasteiger partial charge in [-0.05, 0) is 59.6 Å². The maximum Gasteiger partial charge on any atom is 0.408 e. The molecule has 1 saturated carbocycles. The molecule has 1 aromatic rings. The fraction of sp³-hybridized carbons (Fsp3) is 0.650. The Hall–Kier alpha value is -1.76. The van der Waals surface area contributed by atoms with Gasteiger partial charge < -0.3 is 15.0 Å². The first-order valence-electron chi connectivity index (χ1n) is 9.35. The number of alkyl carbamates (subject to hydrolysis) is 1. The summed E-state index contributed by atoms with van der Waals surface area (Å²) in [4.78, 5) is 32.2. The molecule has 0 spiro atoms. The molecule has 27 heavy (non-hydrogen) atoms. The highest BCUT2D eigenvalue weighted by molar-refractivity contribution is 8.00. The van der Waals surface area contributed by atoms with E-state index in [1.165, 1.54) is 19.3 Å². The largest absolute Gasteiger partial charge is 0.444 e. The van der Waals surface area contributed by atoms with Crippen molar-refractivity contribution in [2.24, 2.45) is 0 Å². The Bertz CT molecular complexity index is 681. The smallest absolute Gasteiger partial charge is 0.408 e. The quantitative estimate of drug-likeness (QED) is 0.791. The van der Waals surface area contributed by atoms with E-state index in [4.69, 9.17) is 4.74 Å². The maximum atomic E-state index is 12.9. The third-order valence-corrected chi connectivity index (χ3v) is 5.71. The molecule has 2 amide bonds. The number of hydrogen-bond acceptors (Lipinski definition) is 5. The van der Waals surface area contributed by atoms with Gasteiger partial charge in [-0.1, -0.05) is 6.42 Å². The van der Waals surface area contributed by atoms with Crippen molar-refractivity contribution in [2.45, 2.75) is 81.7 Å². The van der Waals surface area contributed by atoms with E-state index in [9.17, 15) is 9.59 Å². The second-order valence-corrected chi connectivity index (χ2v) is 9.87. The van der Waals surface area contributed by atoms with Crippen molar-refractivity contribution in [1.29, 1.82) is 0 Å². The van der Waals surface area contributed by atoms with Gasteiger partial charge in [0.05, 0.1) is 12.2 Å². The van der Waals surface area contributed by atoms with Crippen LogP contribution < -0.4 is 5.32 Å². The zero-order valence-electron chi connectivity index (χ0n) is 17.2. The van der Waals surface area contributed by atoms with Crippen LogP contribution in [0.3, 0.4) is 0 Å². The fourth-order valence-electron chi connectivity index (χ4n) is 2.70. The molecule has 1 heterocycles. The van der Waals surface area contributed by atoms with Crippen LogP contribution in [-0.2, 0) is 16.1 Å². The van der Waals surface area contributed by atoms with E-state index in [1.807, 2.05) is 17.8 Å². The molecule has 6 nitrogen and oxygen atoms in total. The summed E-state index contributed by atoms with van der Waals surface area (Å²) >= 11 is 1.84. The fourth-order valence-corrected chi connectivity index (χ4v) is 4.04. The summed E-state index contributed by atoms with van der Waals surface area (Å²) in [5.74, 6) is -0.196. The number of hydrogen-bond donors (Lipinski definition) is 1. The lowest BCUT2D eigenvalue weighted by molar-refractivity contribution is -0.136. The summed E-state index contributed by atoms with van der Waals surface area (Å²) in [6.45, 7) is 9.12. The molecule has 1 aliphatic carbocycles. The molecule has 0 aliphatic heterocycles. The maximum absolute atomic E-state index is 12.9. The van der Waals surface area contributed by atoms with Crippen LogP contribution in [0.1, 0.15) is 59.6 Å². The molecule has 1 N–H and O–H groups in total. The van der Waals surface area contributed by atoms with Crippen LogP contribution in [-0.4, -0.2) is 45.3 Å². The highest BCUT2D eigenvalue weighted by Gasteiger charge is 2.34. The number of ether oxygens (including phenoxy) is 1. The van der Waals surface area contributed by atoms with Crippen LogP contribution in [0.15, 0.2) is 23.2 Å². The van der Waals surface area contributed by atoms with Gasteiger partial charge in [0.1, 0.15) is 11.1 Å². The molecular weight excluding hydrogens is 362 g/mol. The van der Waals surface area contributed by atoms with E-state index in [-0.39, 0.29) is 5.91 Å². The minimum Gasteiger partial charge on any atom is -0.444 e. The summed E-state index contributed by atoms with van der Waals surface area (Å²) in [6, 6.07) is 3.99. The number of rotatable bonds is 6. The van der Waals surface area contributed by atoms with Crippen LogP contribution >= 0.6 is 11.8 Å². The standard InChI is InChI=1S/C20H31N3O3S/c1-19(2,3)26-18(25)22-20(4,5)17(24)23(6)13-15-16(11-8-12-21-15)27-14-9-7-10-14/h8,11-12,14H,7,9-10,13H2,1-6H3,(H,22,25). The average molecular weight is 394 g/mol. The number of carbonyl (C=O) groups is 2. The van der Waals surface area contributed by atoms with Gasteiger partial charge in [-0.3, -0.25) is 9.78 Å². The van der Waals surface area contributed by atoms with Crippen molar-refractivity contribution in [3.05, 3.63) is 24.0 Å². The summed E-state index contributed by atoms with van der Waals surface area (Å²) in [5, 5.41) is 3.32. The molecule has 0 unspecified atom stereocenters. The molecule has 0 aromatic carbocycles. The van der Waals surface area contributed by atoms with E-state index in [0.29, 0.717) is 11.8 Å². The van der Waals surface area contributed by atoms with Crippen LogP contribution in [0.25, 0.3) is 0 Å². The van der Waals surface area contributed by atoms with Crippen molar-refractivity contribution < 1.29 is 14.3 Å². The lowest BCUT2D eigenvalue weighted by Gasteiger charge is -2.31. The van der Waals surface area contributed by atoms with Crippen molar-refractivity contribution in [1.82, 2.24) is 15.2 Å². The Morgan fingerprint density at radius 1 is 1.30 bits per heavy atom. The Morgan fingerprint density at radius 3 is 2.52 bits per heavy atom. The van der Waals surface area contributed by atoms with Crippen molar-refractivity contribution in [3.63, 3.8) is 0 Å². The van der Waals surface area contributed by atoms with Gasteiger partial charge in [0.15, 0.2) is 0 Å². The van der Waals surface area contributed by atoms with Crippen LogP contribution in [0.2, 0.25) is 0 Å². The van der Waals surface area contributed by atoms with Crippen molar-refractivity contribution in [3.8, 4) is 0 Å². The molecule has 0 saturated heterocycles. The molecule has 1 aromatic heterocycles. The second kappa shape index (κ2) is 8.50. The zero-order valence-corrected chi connectivity index (χ0v) is 18.0. The molecule has 2 rings (SSSR count). The highest BCUT2D eigenvalue weighted by Crippen LogP contribution is 2.37. The number of carbonyl (C=O) groups excluding carboxylic acids is 2. The van der Waals surface area contributed by atoms with Gasteiger partial charge in [0, 0.05) is 23.4 Å². The average Bonchev–Trinajstić information content (AvgIpc) is 2.48. The summed E-state index contributed by atoms with van der Waals surface area (Å²) in [5.41, 5.74) is -0.803. The number of likely N-dealkylation sites (N-methyl/N-ethyl adjacent to an activating group) is 1. The monoisotopic (exact) mass is 393 g/mol. The van der Waals surface area contributed by atoms with Gasteiger partial charge >= 0.3 is 6.09 Å². The number of nitrogens with zero attached hydrogens (tertiary/aromatic N) is 2. The third kappa shape index (κ3) is 6.41. The molecule has 1 aliphatic rings. The zero-order chi connectivity index (χ0) is 20.2. The molecule has 0 bridgehead atoms. The minimum atomic E-state index is -1.08. The number of amides is 2. The van der Waals surface area contributed by atoms with E-state index >= 15 is 0 Å². The van der Waals surface area contributed by atoms with Gasteiger partial charge in [0.2, 0.25) is 5.91 Å². The second-order valence-electron chi connectivity index (χ2n) is 8.53.